The molecule has 2 atom stereocenters. The summed E-state index contributed by atoms with van der Waals surface area (Å²) in [5.41, 5.74) is 7.11. The van der Waals surface area contributed by atoms with Gasteiger partial charge in [-0.2, -0.15) is 0 Å². The molecule has 0 spiro atoms. The van der Waals surface area contributed by atoms with Crippen LogP contribution >= 0.6 is 0 Å². The van der Waals surface area contributed by atoms with Crippen molar-refractivity contribution in [3.05, 3.63) is 52.4 Å². The fourth-order valence-corrected chi connectivity index (χ4v) is 4.16. The monoisotopic (exact) mass is 431 g/mol. The lowest BCUT2D eigenvalue weighted by Gasteiger charge is -2.25. The normalized spacial score (nSPS) is 18.8. The fourth-order valence-electron chi connectivity index (χ4n) is 3.10. The van der Waals surface area contributed by atoms with Crippen LogP contribution in [0.4, 0.5) is 11.4 Å². The van der Waals surface area contributed by atoms with Crippen molar-refractivity contribution in [2.24, 2.45) is 10.7 Å². The summed E-state index contributed by atoms with van der Waals surface area (Å²) in [7, 11) is -1.33. The van der Waals surface area contributed by atoms with Gasteiger partial charge in [0.05, 0.1) is 22.9 Å². The summed E-state index contributed by atoms with van der Waals surface area (Å²) in [6.07, 6.45) is 3.51. The van der Waals surface area contributed by atoms with E-state index in [-0.39, 0.29) is 23.0 Å². The predicted molar refractivity (Wildman–Crippen MR) is 121 cm³/mol. The maximum Gasteiger partial charge on any atom is 0.261 e. The highest BCUT2D eigenvalue weighted by Gasteiger charge is 2.18. The molecule has 0 aliphatic carbocycles. The minimum Gasteiger partial charge on any atom is -0.383 e. The molecule has 9 heteroatoms. The van der Waals surface area contributed by atoms with Gasteiger partial charge in [0.25, 0.3) is 5.56 Å². The van der Waals surface area contributed by atoms with Crippen molar-refractivity contribution < 1.29 is 8.95 Å². The smallest absolute Gasteiger partial charge is 0.261 e. The second kappa shape index (κ2) is 9.55. The molecule has 0 bridgehead atoms. The maximum atomic E-state index is 12.5. The zero-order chi connectivity index (χ0) is 21.7. The molecule has 30 heavy (non-hydrogen) atoms. The first-order chi connectivity index (χ1) is 14.2. The molecule has 8 nitrogen and oxygen atoms in total. The summed E-state index contributed by atoms with van der Waals surface area (Å²) >= 11 is 0. The number of anilines is 1. The van der Waals surface area contributed by atoms with Gasteiger partial charge in [0, 0.05) is 24.4 Å². The molecule has 1 aromatic carbocycles. The van der Waals surface area contributed by atoms with E-state index in [9.17, 15) is 9.00 Å². The van der Waals surface area contributed by atoms with E-state index < -0.39 is 11.0 Å². The number of amidine groups is 1. The number of H-pyrrole nitrogens is 1. The van der Waals surface area contributed by atoms with Crippen molar-refractivity contribution in [3.63, 3.8) is 0 Å². The molecular formula is C21H29N5O3S. The molecule has 0 amide bonds. The maximum absolute atomic E-state index is 12.5. The van der Waals surface area contributed by atoms with E-state index in [1.54, 1.807) is 36.5 Å². The lowest BCUT2D eigenvalue weighted by atomic mass is 10.1. The van der Waals surface area contributed by atoms with Crippen LogP contribution in [0.5, 0.6) is 0 Å². The van der Waals surface area contributed by atoms with Gasteiger partial charge in [-0.1, -0.05) is 0 Å². The molecule has 1 saturated heterocycles. The van der Waals surface area contributed by atoms with Crippen LogP contribution in [0.25, 0.3) is 0 Å². The van der Waals surface area contributed by atoms with E-state index in [2.05, 4.69) is 20.0 Å². The van der Waals surface area contributed by atoms with Crippen molar-refractivity contribution in [3.8, 4) is 0 Å². The van der Waals surface area contributed by atoms with Crippen LogP contribution in [0.3, 0.4) is 0 Å². The van der Waals surface area contributed by atoms with Gasteiger partial charge in [-0.15, -0.1) is 0 Å². The highest BCUT2D eigenvalue weighted by atomic mass is 32.2. The number of aliphatic imine (C=N–C) groups is 1. The summed E-state index contributed by atoms with van der Waals surface area (Å²) in [6, 6.07) is 8.81. The quantitative estimate of drug-likeness (QED) is 0.413. The molecule has 0 saturated carbocycles. The summed E-state index contributed by atoms with van der Waals surface area (Å²) in [6.45, 7) is 7.20. The van der Waals surface area contributed by atoms with Gasteiger partial charge in [0.1, 0.15) is 22.4 Å². The average Bonchev–Trinajstić information content (AvgIpc) is 2.68. The van der Waals surface area contributed by atoms with Crippen LogP contribution in [0.15, 0.2) is 51.2 Å². The number of aromatic amines is 1. The molecular weight excluding hydrogens is 402 g/mol. The lowest BCUT2D eigenvalue weighted by molar-refractivity contribution is 0.0876. The largest absolute Gasteiger partial charge is 0.383 e. The fraction of sp³-hybridized carbons (Fsp3) is 0.429. The number of aromatic nitrogens is 1. The van der Waals surface area contributed by atoms with Gasteiger partial charge in [0.2, 0.25) is 0 Å². The van der Waals surface area contributed by atoms with E-state index in [1.165, 1.54) is 0 Å². The van der Waals surface area contributed by atoms with Gasteiger partial charge in [0.15, 0.2) is 0 Å². The van der Waals surface area contributed by atoms with Gasteiger partial charge in [-0.3, -0.25) is 4.79 Å². The molecule has 1 unspecified atom stereocenters. The lowest BCUT2D eigenvalue weighted by Crippen LogP contribution is -2.37. The molecule has 0 radical (unpaired) electrons. The van der Waals surface area contributed by atoms with Gasteiger partial charge in [-0.05, 0) is 63.9 Å². The Balaban J connectivity index is 1.81. The van der Waals surface area contributed by atoms with Crippen LogP contribution in [-0.4, -0.2) is 39.8 Å². The highest BCUT2D eigenvalue weighted by molar-refractivity contribution is 7.83. The summed E-state index contributed by atoms with van der Waals surface area (Å²) in [5, 5.41) is 3.35. The van der Waals surface area contributed by atoms with E-state index in [4.69, 9.17) is 10.5 Å². The van der Waals surface area contributed by atoms with Gasteiger partial charge < -0.3 is 20.8 Å². The van der Waals surface area contributed by atoms with Gasteiger partial charge >= 0.3 is 0 Å². The van der Waals surface area contributed by atoms with Crippen LogP contribution in [0.1, 0.15) is 39.2 Å². The highest BCUT2D eigenvalue weighted by Crippen LogP contribution is 2.20. The van der Waals surface area contributed by atoms with Crippen molar-refractivity contribution in [2.45, 2.75) is 50.1 Å². The molecule has 2 aromatic rings. The summed E-state index contributed by atoms with van der Waals surface area (Å²) in [4.78, 5) is 20.1. The third-order valence-corrected chi connectivity index (χ3v) is 5.93. The van der Waals surface area contributed by atoms with E-state index in [0.717, 1.165) is 19.4 Å². The Hall–Kier alpha value is -2.49. The van der Waals surface area contributed by atoms with E-state index >= 15 is 0 Å². The van der Waals surface area contributed by atoms with Crippen molar-refractivity contribution in [1.29, 1.82) is 0 Å². The number of hydrogen-bond donors (Lipinski definition) is 4. The number of nitrogens with two attached hydrogens (primary N) is 1. The Bertz CT molecular complexity index is 973. The standard InChI is InChI=1S/C21H29N5O3S/c1-21(2,3)26-30(28)16-8-6-14(7-9-16)25-19(22)18-17(10-11-23-20(18)27)24-15-5-4-12-29-13-15/h6-11,15,26H,4-5,12-13H2,1-3H3,(H2,22,25)(H2,23,24,27)/t15-,30?/m1/s1. The molecule has 1 aliphatic rings. The Morgan fingerprint density at radius 1 is 1.27 bits per heavy atom. The Morgan fingerprint density at radius 3 is 2.63 bits per heavy atom. The van der Waals surface area contributed by atoms with Crippen LogP contribution in [0, 0.1) is 0 Å². The zero-order valence-electron chi connectivity index (χ0n) is 17.5. The first-order valence-electron chi connectivity index (χ1n) is 9.93. The van der Waals surface area contributed by atoms with Crippen LogP contribution < -0.4 is 21.3 Å². The van der Waals surface area contributed by atoms with E-state index in [0.29, 0.717) is 28.4 Å². The number of ether oxygens (including phenoxy) is 1. The molecule has 1 aromatic heterocycles. The van der Waals surface area contributed by atoms with Crippen LogP contribution in [0.2, 0.25) is 0 Å². The predicted octanol–water partition coefficient (Wildman–Crippen LogP) is 2.41. The Morgan fingerprint density at radius 2 is 2.00 bits per heavy atom. The molecule has 1 fully saturated rings. The average molecular weight is 432 g/mol. The number of pyridine rings is 1. The number of nitrogens with zero attached hydrogens (tertiary/aromatic N) is 1. The number of benzene rings is 1. The third kappa shape index (κ3) is 6.01. The third-order valence-electron chi connectivity index (χ3n) is 4.44. The van der Waals surface area contributed by atoms with E-state index in [1.807, 2.05) is 20.8 Å². The van der Waals surface area contributed by atoms with Crippen molar-refractivity contribution in [1.82, 2.24) is 9.71 Å². The minimum absolute atomic E-state index is 0.109. The van der Waals surface area contributed by atoms with Gasteiger partial charge in [-0.25, -0.2) is 13.9 Å². The first kappa shape index (κ1) is 22.2. The second-order valence-electron chi connectivity index (χ2n) is 8.27. The molecule has 2 heterocycles. The summed E-state index contributed by atoms with van der Waals surface area (Å²) < 4.78 is 20.9. The number of hydrogen-bond acceptors (Lipinski definition) is 5. The van der Waals surface area contributed by atoms with Crippen molar-refractivity contribution in [2.75, 3.05) is 18.5 Å². The SMILES string of the molecule is CC(C)(C)NS(=O)c1ccc(N=C(N)c2c(N[C@@H]3CCCOC3)cc[nH]c2=O)cc1. The number of rotatable bonds is 6. The number of nitrogens with one attached hydrogen (secondary N) is 3. The zero-order valence-corrected chi connectivity index (χ0v) is 18.3. The molecule has 1 aliphatic heterocycles. The Labute approximate surface area is 178 Å². The topological polar surface area (TPSA) is 122 Å². The molecule has 5 N–H and O–H groups in total. The van der Waals surface area contributed by atoms with Crippen molar-refractivity contribution >= 4 is 28.2 Å². The minimum atomic E-state index is -1.33. The Kier molecular flexibility index (Phi) is 7.06. The molecule has 3 rings (SSSR count). The summed E-state index contributed by atoms with van der Waals surface area (Å²) in [5.74, 6) is 0.109. The van der Waals surface area contributed by atoms with Crippen LogP contribution in [-0.2, 0) is 15.7 Å². The second-order valence-corrected chi connectivity index (χ2v) is 9.48. The first-order valence-corrected chi connectivity index (χ1v) is 11.1. The molecule has 162 valence electrons.